The van der Waals surface area contributed by atoms with E-state index in [2.05, 4.69) is 15.9 Å². The summed E-state index contributed by atoms with van der Waals surface area (Å²) in [6.45, 7) is 0. The Labute approximate surface area is 124 Å². The van der Waals surface area contributed by atoms with Crippen molar-refractivity contribution >= 4 is 50.7 Å². The monoisotopic (exact) mass is 348 g/mol. The molecule has 0 spiro atoms. The van der Waals surface area contributed by atoms with E-state index in [1.165, 1.54) is 0 Å². The largest absolute Gasteiger partial charge is 0.0876 e. The van der Waals surface area contributed by atoms with Crippen LogP contribution in [0.4, 0.5) is 0 Å². The van der Waals surface area contributed by atoms with Crippen molar-refractivity contribution in [1.29, 1.82) is 0 Å². The van der Waals surface area contributed by atoms with Crippen molar-refractivity contribution in [1.82, 2.24) is 0 Å². The first-order valence-electron chi connectivity index (χ1n) is 4.91. The summed E-state index contributed by atoms with van der Waals surface area (Å²) in [6, 6.07) is 11.3. The average molecular weight is 350 g/mol. The molecule has 0 radical (unpaired) electrons. The van der Waals surface area contributed by atoms with Crippen LogP contribution in [-0.2, 0) is 5.33 Å². The lowest BCUT2D eigenvalue weighted by molar-refractivity contribution is 1.43. The summed E-state index contributed by atoms with van der Waals surface area (Å²) in [5.74, 6) is 0. The summed E-state index contributed by atoms with van der Waals surface area (Å²) in [7, 11) is 0. The Morgan fingerprint density at radius 1 is 0.824 bits per heavy atom. The second kappa shape index (κ2) is 5.62. The Hall–Kier alpha value is -0.210. The van der Waals surface area contributed by atoms with Gasteiger partial charge in [-0.3, -0.25) is 0 Å². The van der Waals surface area contributed by atoms with Gasteiger partial charge in [0.1, 0.15) is 0 Å². The molecule has 0 N–H and O–H groups in total. The van der Waals surface area contributed by atoms with Crippen LogP contribution >= 0.6 is 50.7 Å². The maximum Gasteiger partial charge on any atom is 0.0426 e. The Balaban J connectivity index is 2.59. The first-order valence-corrected chi connectivity index (χ1v) is 7.16. The summed E-state index contributed by atoms with van der Waals surface area (Å²) >= 11 is 21.4. The number of benzene rings is 2. The Bertz CT molecular complexity index is 532. The number of hydrogen-bond acceptors (Lipinski definition) is 0. The third-order valence-electron chi connectivity index (χ3n) is 2.38. The van der Waals surface area contributed by atoms with E-state index in [1.54, 1.807) is 6.07 Å². The van der Waals surface area contributed by atoms with E-state index in [9.17, 15) is 0 Å². The lowest BCUT2D eigenvalue weighted by Crippen LogP contribution is -1.86. The minimum absolute atomic E-state index is 0.628. The van der Waals surface area contributed by atoms with Crippen LogP contribution in [0.1, 0.15) is 5.56 Å². The quantitative estimate of drug-likeness (QED) is 0.565. The van der Waals surface area contributed by atoms with Crippen LogP contribution in [0.5, 0.6) is 0 Å². The van der Waals surface area contributed by atoms with Gasteiger partial charge in [-0.1, -0.05) is 56.8 Å². The number of rotatable bonds is 2. The van der Waals surface area contributed by atoms with E-state index in [0.29, 0.717) is 10.0 Å². The molecule has 0 aliphatic rings. The zero-order valence-electron chi connectivity index (χ0n) is 8.68. The van der Waals surface area contributed by atoms with Crippen molar-refractivity contribution in [2.24, 2.45) is 0 Å². The van der Waals surface area contributed by atoms with Crippen LogP contribution in [0.25, 0.3) is 11.1 Å². The molecule has 0 unspecified atom stereocenters. The van der Waals surface area contributed by atoms with Crippen molar-refractivity contribution in [3.05, 3.63) is 57.0 Å². The minimum Gasteiger partial charge on any atom is -0.0876 e. The average Bonchev–Trinajstić information content (AvgIpc) is 2.27. The minimum atomic E-state index is 0.628. The molecule has 2 aromatic rings. The molecule has 0 nitrogen and oxygen atoms in total. The molecule has 0 amide bonds. The van der Waals surface area contributed by atoms with Crippen molar-refractivity contribution in [3.8, 4) is 11.1 Å². The number of halogens is 4. The normalized spacial score (nSPS) is 10.6. The topological polar surface area (TPSA) is 0 Å². The van der Waals surface area contributed by atoms with Gasteiger partial charge in [0.2, 0.25) is 0 Å². The van der Waals surface area contributed by atoms with Gasteiger partial charge in [0.25, 0.3) is 0 Å². The van der Waals surface area contributed by atoms with E-state index in [0.717, 1.165) is 27.0 Å². The van der Waals surface area contributed by atoms with Crippen molar-refractivity contribution in [2.45, 2.75) is 5.33 Å². The van der Waals surface area contributed by atoms with E-state index in [4.69, 9.17) is 34.8 Å². The van der Waals surface area contributed by atoms with Crippen LogP contribution in [0.2, 0.25) is 15.1 Å². The van der Waals surface area contributed by atoms with E-state index < -0.39 is 0 Å². The molecule has 0 fully saturated rings. The number of hydrogen-bond donors (Lipinski definition) is 0. The van der Waals surface area contributed by atoms with Gasteiger partial charge in [-0.25, -0.2) is 0 Å². The molecule has 88 valence electrons. The second-order valence-electron chi connectivity index (χ2n) is 3.59. The summed E-state index contributed by atoms with van der Waals surface area (Å²) < 4.78 is 0. The van der Waals surface area contributed by atoms with Gasteiger partial charge >= 0.3 is 0 Å². The fourth-order valence-electron chi connectivity index (χ4n) is 1.66. The zero-order chi connectivity index (χ0) is 12.4. The predicted octanol–water partition coefficient (Wildman–Crippen LogP) is 6.21. The molecule has 0 heterocycles. The summed E-state index contributed by atoms with van der Waals surface area (Å²) in [5, 5.41) is 2.70. The molecule has 0 saturated carbocycles. The highest BCUT2D eigenvalue weighted by molar-refractivity contribution is 9.08. The Morgan fingerprint density at radius 2 is 1.47 bits per heavy atom. The summed E-state index contributed by atoms with van der Waals surface area (Å²) in [6.07, 6.45) is 0. The van der Waals surface area contributed by atoms with Gasteiger partial charge in [0.15, 0.2) is 0 Å². The lowest BCUT2D eigenvalue weighted by Gasteiger charge is -2.09. The van der Waals surface area contributed by atoms with Crippen LogP contribution in [0, 0.1) is 0 Å². The highest BCUT2D eigenvalue weighted by Crippen LogP contribution is 2.32. The van der Waals surface area contributed by atoms with Crippen molar-refractivity contribution in [2.75, 3.05) is 0 Å². The molecule has 2 rings (SSSR count). The van der Waals surface area contributed by atoms with Crippen LogP contribution in [0.15, 0.2) is 36.4 Å². The SMILES string of the molecule is Clc1cc(Cl)cc(-c2ccc(Cl)cc2CBr)c1. The highest BCUT2D eigenvalue weighted by atomic mass is 79.9. The fourth-order valence-corrected chi connectivity index (χ4v) is 2.85. The third kappa shape index (κ3) is 3.17. The standard InChI is InChI=1S/C13H8BrCl3/c14-7-9-5-10(15)1-2-13(9)8-3-11(16)6-12(17)4-8/h1-6H,7H2. The molecular weight excluding hydrogens is 342 g/mol. The molecule has 0 aliphatic carbocycles. The predicted molar refractivity (Wildman–Crippen MR) is 79.5 cm³/mol. The molecular formula is C13H8BrCl3. The van der Waals surface area contributed by atoms with Crippen LogP contribution in [-0.4, -0.2) is 0 Å². The third-order valence-corrected chi connectivity index (χ3v) is 3.66. The lowest BCUT2D eigenvalue weighted by atomic mass is 10.0. The van der Waals surface area contributed by atoms with Gasteiger partial charge in [0, 0.05) is 20.4 Å². The number of alkyl halides is 1. The molecule has 0 aliphatic heterocycles. The van der Waals surface area contributed by atoms with Crippen molar-refractivity contribution in [3.63, 3.8) is 0 Å². The highest BCUT2D eigenvalue weighted by Gasteiger charge is 2.07. The Kier molecular flexibility index (Phi) is 4.37. The van der Waals surface area contributed by atoms with Crippen LogP contribution < -0.4 is 0 Å². The second-order valence-corrected chi connectivity index (χ2v) is 5.46. The fraction of sp³-hybridized carbons (Fsp3) is 0.0769. The van der Waals surface area contributed by atoms with E-state index in [-0.39, 0.29) is 0 Å². The molecule has 17 heavy (non-hydrogen) atoms. The maximum atomic E-state index is 6.00. The van der Waals surface area contributed by atoms with Gasteiger partial charge in [-0.05, 0) is 47.0 Å². The molecule has 4 heteroatoms. The van der Waals surface area contributed by atoms with Gasteiger partial charge in [-0.15, -0.1) is 0 Å². The Morgan fingerprint density at radius 3 is 2.06 bits per heavy atom. The molecule has 0 atom stereocenters. The van der Waals surface area contributed by atoms with E-state index in [1.807, 2.05) is 30.3 Å². The maximum absolute atomic E-state index is 6.00. The summed E-state index contributed by atoms with van der Waals surface area (Å²) in [5.41, 5.74) is 3.18. The zero-order valence-corrected chi connectivity index (χ0v) is 12.5. The molecule has 2 aromatic carbocycles. The van der Waals surface area contributed by atoms with Gasteiger partial charge < -0.3 is 0 Å². The van der Waals surface area contributed by atoms with Crippen molar-refractivity contribution < 1.29 is 0 Å². The molecule has 0 bridgehead atoms. The van der Waals surface area contributed by atoms with E-state index >= 15 is 0 Å². The first-order chi connectivity index (χ1) is 8.10. The van der Waals surface area contributed by atoms with Gasteiger partial charge in [0.05, 0.1) is 0 Å². The molecule has 0 aromatic heterocycles. The first kappa shape index (κ1) is 13.2. The summed E-state index contributed by atoms with van der Waals surface area (Å²) in [4.78, 5) is 0. The molecule has 0 saturated heterocycles. The van der Waals surface area contributed by atoms with Crippen LogP contribution in [0.3, 0.4) is 0 Å². The smallest absolute Gasteiger partial charge is 0.0426 e. The van der Waals surface area contributed by atoms with Gasteiger partial charge in [-0.2, -0.15) is 0 Å².